The fourth-order valence-corrected chi connectivity index (χ4v) is 3.21. The zero-order valence-electron chi connectivity index (χ0n) is 12.8. The van der Waals surface area contributed by atoms with E-state index < -0.39 is 5.97 Å². The van der Waals surface area contributed by atoms with Gasteiger partial charge in [0.2, 0.25) is 0 Å². The summed E-state index contributed by atoms with van der Waals surface area (Å²) >= 11 is 6.09. The molecule has 122 valence electrons. The number of carboxylic acids is 1. The van der Waals surface area contributed by atoms with Crippen molar-refractivity contribution >= 4 is 17.6 Å². The highest BCUT2D eigenvalue weighted by Crippen LogP contribution is 2.23. The number of likely N-dealkylation sites (N-methyl/N-ethyl adjacent to an activating group) is 1. The topological polar surface area (TPSA) is 43.8 Å². The molecule has 1 atom stereocenters. The Morgan fingerprint density at radius 1 is 1.45 bits per heavy atom. The zero-order chi connectivity index (χ0) is 16.1. The van der Waals surface area contributed by atoms with Crippen LogP contribution in [0.15, 0.2) is 18.2 Å². The Balaban J connectivity index is 1.94. The van der Waals surface area contributed by atoms with Gasteiger partial charge in [-0.3, -0.25) is 14.6 Å². The molecule has 0 bridgehead atoms. The standard InChI is InChI=1S/C16H22ClFN2O2/c1-19(11-16(21)22)12-4-3-8-20(9-7-12)10-13-14(17)5-2-6-15(13)18/h2,5-6,12H,3-4,7-11H2,1H3,(H,21,22). The molecule has 4 nitrogen and oxygen atoms in total. The number of carboxylic acid groups (broad SMARTS) is 1. The van der Waals surface area contributed by atoms with Crippen LogP contribution in [0.5, 0.6) is 0 Å². The van der Waals surface area contributed by atoms with Gasteiger partial charge in [0, 0.05) is 23.2 Å². The van der Waals surface area contributed by atoms with Gasteiger partial charge in [-0.25, -0.2) is 4.39 Å². The van der Waals surface area contributed by atoms with Crippen molar-refractivity contribution in [2.75, 3.05) is 26.7 Å². The van der Waals surface area contributed by atoms with E-state index in [1.807, 2.05) is 11.9 Å². The predicted octanol–water partition coefficient (Wildman–Crippen LogP) is 2.85. The van der Waals surface area contributed by atoms with Crippen LogP contribution in [0.1, 0.15) is 24.8 Å². The lowest BCUT2D eigenvalue weighted by molar-refractivity contribution is -0.138. The summed E-state index contributed by atoms with van der Waals surface area (Å²) in [5, 5.41) is 9.35. The Hall–Kier alpha value is -1.17. The Morgan fingerprint density at radius 3 is 2.91 bits per heavy atom. The van der Waals surface area contributed by atoms with E-state index in [1.165, 1.54) is 6.07 Å². The van der Waals surface area contributed by atoms with E-state index in [-0.39, 0.29) is 18.4 Å². The van der Waals surface area contributed by atoms with Crippen LogP contribution in [0, 0.1) is 5.82 Å². The highest BCUT2D eigenvalue weighted by Gasteiger charge is 2.22. The summed E-state index contributed by atoms with van der Waals surface area (Å²) < 4.78 is 13.9. The smallest absolute Gasteiger partial charge is 0.317 e. The van der Waals surface area contributed by atoms with Crippen molar-refractivity contribution < 1.29 is 14.3 Å². The van der Waals surface area contributed by atoms with Crippen LogP contribution in [0.25, 0.3) is 0 Å². The molecule has 1 fully saturated rings. The molecule has 2 rings (SSSR count). The molecule has 0 amide bonds. The summed E-state index contributed by atoms with van der Waals surface area (Å²) in [5.41, 5.74) is 0.543. The van der Waals surface area contributed by atoms with E-state index in [0.717, 1.165) is 32.4 Å². The van der Waals surface area contributed by atoms with Crippen LogP contribution in [0.3, 0.4) is 0 Å². The average Bonchev–Trinajstić information content (AvgIpc) is 2.68. The largest absolute Gasteiger partial charge is 0.480 e. The number of nitrogens with zero attached hydrogens (tertiary/aromatic N) is 2. The van der Waals surface area contributed by atoms with Crippen LogP contribution in [-0.2, 0) is 11.3 Å². The Morgan fingerprint density at radius 2 is 2.23 bits per heavy atom. The van der Waals surface area contributed by atoms with Crippen LogP contribution in [0.2, 0.25) is 5.02 Å². The molecule has 0 aliphatic carbocycles. The summed E-state index contributed by atoms with van der Waals surface area (Å²) in [6, 6.07) is 5.02. The summed E-state index contributed by atoms with van der Waals surface area (Å²) in [6.07, 6.45) is 2.82. The monoisotopic (exact) mass is 328 g/mol. The SMILES string of the molecule is CN(CC(=O)O)C1CCCN(Cc2c(F)cccc2Cl)CC1. The molecule has 0 spiro atoms. The molecule has 0 saturated carbocycles. The van der Waals surface area contributed by atoms with Gasteiger partial charge in [-0.1, -0.05) is 17.7 Å². The minimum Gasteiger partial charge on any atom is -0.480 e. The first-order valence-corrected chi connectivity index (χ1v) is 7.92. The first-order chi connectivity index (χ1) is 10.5. The van der Waals surface area contributed by atoms with Gasteiger partial charge < -0.3 is 5.11 Å². The first-order valence-electron chi connectivity index (χ1n) is 7.54. The lowest BCUT2D eigenvalue weighted by Crippen LogP contribution is -2.36. The summed E-state index contributed by atoms with van der Waals surface area (Å²) in [7, 11) is 1.85. The molecule has 1 N–H and O–H groups in total. The third-order valence-corrected chi connectivity index (χ3v) is 4.60. The second-order valence-corrected chi connectivity index (χ2v) is 6.28. The number of hydrogen-bond acceptors (Lipinski definition) is 3. The van der Waals surface area contributed by atoms with E-state index in [1.54, 1.807) is 12.1 Å². The van der Waals surface area contributed by atoms with Gasteiger partial charge in [0.25, 0.3) is 0 Å². The van der Waals surface area contributed by atoms with Crippen molar-refractivity contribution in [2.45, 2.75) is 31.8 Å². The fraction of sp³-hybridized carbons (Fsp3) is 0.562. The lowest BCUT2D eigenvalue weighted by Gasteiger charge is -2.25. The van der Waals surface area contributed by atoms with Gasteiger partial charge in [0.05, 0.1) is 6.54 Å². The molecule has 1 aliphatic heterocycles. The van der Waals surface area contributed by atoms with E-state index in [2.05, 4.69) is 4.90 Å². The maximum Gasteiger partial charge on any atom is 0.317 e. The molecular weight excluding hydrogens is 307 g/mol. The summed E-state index contributed by atoms with van der Waals surface area (Å²) in [4.78, 5) is 14.9. The maximum atomic E-state index is 13.9. The Kier molecular flexibility index (Phi) is 6.17. The van der Waals surface area contributed by atoms with Crippen molar-refractivity contribution in [1.29, 1.82) is 0 Å². The van der Waals surface area contributed by atoms with Crippen molar-refractivity contribution in [3.63, 3.8) is 0 Å². The third-order valence-electron chi connectivity index (χ3n) is 4.24. The minimum absolute atomic E-state index is 0.0593. The first kappa shape index (κ1) is 17.2. The van der Waals surface area contributed by atoms with Gasteiger partial charge in [-0.05, 0) is 51.5 Å². The molecule has 1 aromatic carbocycles. The molecule has 0 aromatic heterocycles. The van der Waals surface area contributed by atoms with Gasteiger partial charge in [-0.2, -0.15) is 0 Å². The van der Waals surface area contributed by atoms with Gasteiger partial charge >= 0.3 is 5.97 Å². The number of aliphatic carboxylic acids is 1. The number of halogens is 2. The van der Waals surface area contributed by atoms with Gasteiger partial charge in [0.15, 0.2) is 0 Å². The molecule has 1 saturated heterocycles. The molecular formula is C16H22ClFN2O2. The van der Waals surface area contributed by atoms with Gasteiger partial charge in [0.1, 0.15) is 5.82 Å². The summed E-state index contributed by atoms with van der Waals surface area (Å²) in [5.74, 6) is -1.07. The second-order valence-electron chi connectivity index (χ2n) is 5.87. The predicted molar refractivity (Wildman–Crippen MR) is 84.6 cm³/mol. The van der Waals surface area contributed by atoms with Crippen LogP contribution < -0.4 is 0 Å². The van der Waals surface area contributed by atoms with Crippen molar-refractivity contribution in [3.8, 4) is 0 Å². The molecule has 1 unspecified atom stereocenters. The number of carbonyl (C=O) groups is 1. The number of hydrogen-bond donors (Lipinski definition) is 1. The number of benzene rings is 1. The second kappa shape index (κ2) is 7.90. The third kappa shape index (κ3) is 4.66. The van der Waals surface area contributed by atoms with E-state index in [4.69, 9.17) is 16.7 Å². The highest BCUT2D eigenvalue weighted by atomic mass is 35.5. The summed E-state index contributed by atoms with van der Waals surface area (Å²) in [6.45, 7) is 2.26. The molecule has 1 aliphatic rings. The highest BCUT2D eigenvalue weighted by molar-refractivity contribution is 6.31. The molecule has 6 heteroatoms. The normalized spacial score (nSPS) is 20.1. The van der Waals surface area contributed by atoms with E-state index in [9.17, 15) is 9.18 Å². The molecule has 22 heavy (non-hydrogen) atoms. The van der Waals surface area contributed by atoms with E-state index in [0.29, 0.717) is 17.1 Å². The van der Waals surface area contributed by atoms with Gasteiger partial charge in [-0.15, -0.1) is 0 Å². The minimum atomic E-state index is -0.804. The number of likely N-dealkylation sites (tertiary alicyclic amines) is 1. The Bertz CT molecular complexity index is 507. The fourth-order valence-electron chi connectivity index (χ4n) is 2.99. The van der Waals surface area contributed by atoms with Crippen molar-refractivity contribution in [2.24, 2.45) is 0 Å². The molecule has 1 heterocycles. The van der Waals surface area contributed by atoms with Crippen LogP contribution in [0.4, 0.5) is 4.39 Å². The maximum absolute atomic E-state index is 13.9. The average molecular weight is 329 g/mol. The van der Waals surface area contributed by atoms with Crippen LogP contribution in [-0.4, -0.2) is 53.6 Å². The van der Waals surface area contributed by atoms with Crippen LogP contribution >= 0.6 is 11.6 Å². The lowest BCUT2D eigenvalue weighted by atomic mass is 10.1. The number of rotatable bonds is 5. The molecule has 0 radical (unpaired) electrons. The quantitative estimate of drug-likeness (QED) is 0.902. The zero-order valence-corrected chi connectivity index (χ0v) is 13.5. The Labute approximate surface area is 135 Å². The van der Waals surface area contributed by atoms with Crippen molar-refractivity contribution in [1.82, 2.24) is 9.80 Å². The molecule has 1 aromatic rings. The van der Waals surface area contributed by atoms with Crippen molar-refractivity contribution in [3.05, 3.63) is 34.6 Å². The van der Waals surface area contributed by atoms with E-state index >= 15 is 0 Å².